The van der Waals surface area contributed by atoms with Crippen molar-refractivity contribution in [2.75, 3.05) is 19.0 Å². The van der Waals surface area contributed by atoms with Gasteiger partial charge in [0.25, 0.3) is 5.91 Å². The van der Waals surface area contributed by atoms with Crippen LogP contribution in [0.25, 0.3) is 0 Å². The Bertz CT molecular complexity index is 717. The Morgan fingerprint density at radius 2 is 1.88 bits per heavy atom. The van der Waals surface area contributed by atoms with Crippen LogP contribution in [0, 0.1) is 0 Å². The number of amides is 2. The average molecular weight is 361 g/mol. The van der Waals surface area contributed by atoms with Gasteiger partial charge >= 0.3 is 0 Å². The Hall–Kier alpha value is -2.37. The number of carbonyl (C=O) groups is 2. The highest BCUT2D eigenvalue weighted by Gasteiger charge is 2.06. The molecule has 0 atom stereocenters. The molecule has 0 aliphatic rings. The second-order valence-corrected chi connectivity index (χ2v) is 5.98. The first kappa shape index (κ1) is 19.0. The third-order valence-corrected chi connectivity index (χ3v) is 3.75. The molecule has 0 spiro atoms. The number of methoxy groups -OCH3 is 1. The van der Waals surface area contributed by atoms with Crippen molar-refractivity contribution in [1.29, 1.82) is 0 Å². The maximum absolute atomic E-state index is 12.0. The van der Waals surface area contributed by atoms with E-state index in [1.807, 2.05) is 24.3 Å². The van der Waals surface area contributed by atoms with Crippen molar-refractivity contribution in [3.63, 3.8) is 0 Å². The minimum Gasteiger partial charge on any atom is -0.380 e. The number of carbonyl (C=O) groups excluding carboxylic acids is 2. The largest absolute Gasteiger partial charge is 0.380 e. The topological polar surface area (TPSA) is 67.4 Å². The molecular formula is C19H21ClN2O3. The quantitative estimate of drug-likeness (QED) is 0.706. The van der Waals surface area contributed by atoms with E-state index in [4.69, 9.17) is 16.3 Å². The second-order valence-electron chi connectivity index (χ2n) is 5.55. The molecule has 2 aromatic carbocycles. The highest BCUT2D eigenvalue weighted by atomic mass is 35.5. The van der Waals surface area contributed by atoms with Crippen LogP contribution in [0.4, 0.5) is 5.69 Å². The van der Waals surface area contributed by atoms with Crippen LogP contribution in [-0.2, 0) is 16.1 Å². The van der Waals surface area contributed by atoms with Crippen molar-refractivity contribution in [3.05, 3.63) is 64.7 Å². The van der Waals surface area contributed by atoms with Crippen LogP contribution in [0.1, 0.15) is 28.8 Å². The Kier molecular flexibility index (Phi) is 7.44. The maximum Gasteiger partial charge on any atom is 0.251 e. The number of hydrogen-bond donors (Lipinski definition) is 2. The van der Waals surface area contributed by atoms with Gasteiger partial charge in [-0.1, -0.05) is 23.7 Å². The molecule has 0 saturated carbocycles. The lowest BCUT2D eigenvalue weighted by molar-refractivity contribution is -0.116. The fourth-order valence-electron chi connectivity index (χ4n) is 2.28. The Morgan fingerprint density at radius 1 is 1.12 bits per heavy atom. The standard InChI is InChI=1S/C19H21ClN2O3/c1-25-13-14-4-2-5-17(12-14)22-18(23)6-3-11-21-19(24)15-7-9-16(20)10-8-15/h2,4-5,7-10,12H,3,6,11,13H2,1H3,(H,21,24)(H,22,23). The lowest BCUT2D eigenvalue weighted by Crippen LogP contribution is -2.25. The molecule has 132 valence electrons. The molecule has 0 aliphatic heterocycles. The summed E-state index contributed by atoms with van der Waals surface area (Å²) in [5.41, 5.74) is 2.28. The summed E-state index contributed by atoms with van der Waals surface area (Å²) in [7, 11) is 1.63. The predicted octanol–water partition coefficient (Wildman–Crippen LogP) is 3.64. The van der Waals surface area contributed by atoms with Crippen LogP contribution in [0.3, 0.4) is 0 Å². The van der Waals surface area contributed by atoms with Gasteiger partial charge in [0.2, 0.25) is 5.91 Å². The van der Waals surface area contributed by atoms with Gasteiger partial charge in [-0.05, 0) is 48.4 Å². The van der Waals surface area contributed by atoms with Gasteiger partial charge in [-0.25, -0.2) is 0 Å². The number of anilines is 1. The van der Waals surface area contributed by atoms with Crippen LogP contribution in [0.2, 0.25) is 5.02 Å². The van der Waals surface area contributed by atoms with Gasteiger partial charge in [0.15, 0.2) is 0 Å². The zero-order valence-corrected chi connectivity index (χ0v) is 14.8. The zero-order chi connectivity index (χ0) is 18.1. The summed E-state index contributed by atoms with van der Waals surface area (Å²) in [6.07, 6.45) is 0.887. The number of halogens is 1. The first-order valence-corrected chi connectivity index (χ1v) is 8.38. The summed E-state index contributed by atoms with van der Waals surface area (Å²) in [4.78, 5) is 23.9. The van der Waals surface area contributed by atoms with Crippen molar-refractivity contribution >= 4 is 29.1 Å². The Morgan fingerprint density at radius 3 is 2.60 bits per heavy atom. The first-order chi connectivity index (χ1) is 12.1. The number of nitrogens with one attached hydrogen (secondary N) is 2. The van der Waals surface area contributed by atoms with E-state index in [0.717, 1.165) is 11.3 Å². The molecule has 0 heterocycles. The number of rotatable bonds is 8. The summed E-state index contributed by atoms with van der Waals surface area (Å²) < 4.78 is 5.07. The monoisotopic (exact) mass is 360 g/mol. The van der Waals surface area contributed by atoms with Crippen LogP contribution >= 0.6 is 11.6 Å². The normalized spacial score (nSPS) is 10.3. The fraction of sp³-hybridized carbons (Fsp3) is 0.263. The van der Waals surface area contributed by atoms with Crippen molar-refractivity contribution in [2.24, 2.45) is 0 Å². The molecule has 0 radical (unpaired) electrons. The van der Waals surface area contributed by atoms with Crippen LogP contribution in [0.15, 0.2) is 48.5 Å². The molecule has 0 fully saturated rings. The molecule has 2 rings (SSSR count). The van der Waals surface area contributed by atoms with E-state index in [1.165, 1.54) is 0 Å². The summed E-state index contributed by atoms with van der Waals surface area (Å²) in [5.74, 6) is -0.264. The molecule has 2 aromatic rings. The smallest absolute Gasteiger partial charge is 0.251 e. The predicted molar refractivity (Wildman–Crippen MR) is 98.8 cm³/mol. The highest BCUT2D eigenvalue weighted by molar-refractivity contribution is 6.30. The van der Waals surface area contributed by atoms with Gasteiger partial charge in [0, 0.05) is 36.3 Å². The van der Waals surface area contributed by atoms with Crippen molar-refractivity contribution in [2.45, 2.75) is 19.4 Å². The van der Waals surface area contributed by atoms with E-state index in [-0.39, 0.29) is 11.8 Å². The number of hydrogen-bond acceptors (Lipinski definition) is 3. The van der Waals surface area contributed by atoms with Gasteiger partial charge in [0.1, 0.15) is 0 Å². The van der Waals surface area contributed by atoms with E-state index >= 15 is 0 Å². The van der Waals surface area contributed by atoms with E-state index in [1.54, 1.807) is 31.4 Å². The van der Waals surface area contributed by atoms with Crippen molar-refractivity contribution < 1.29 is 14.3 Å². The second kappa shape index (κ2) is 9.81. The molecule has 2 N–H and O–H groups in total. The SMILES string of the molecule is COCc1cccc(NC(=O)CCCNC(=O)c2ccc(Cl)cc2)c1. The molecule has 0 unspecified atom stereocenters. The first-order valence-electron chi connectivity index (χ1n) is 8.00. The molecule has 0 aliphatic carbocycles. The minimum atomic E-state index is -0.177. The Labute approximate surface area is 152 Å². The zero-order valence-electron chi connectivity index (χ0n) is 14.0. The van der Waals surface area contributed by atoms with Crippen molar-refractivity contribution in [1.82, 2.24) is 5.32 Å². The molecule has 6 heteroatoms. The summed E-state index contributed by atoms with van der Waals surface area (Å²) >= 11 is 5.79. The van der Waals surface area contributed by atoms with E-state index in [9.17, 15) is 9.59 Å². The molecule has 0 bridgehead atoms. The van der Waals surface area contributed by atoms with Gasteiger partial charge in [-0.15, -0.1) is 0 Å². The Balaban J connectivity index is 1.70. The van der Waals surface area contributed by atoms with E-state index < -0.39 is 0 Å². The third kappa shape index (κ3) is 6.57. The van der Waals surface area contributed by atoms with Crippen LogP contribution in [0.5, 0.6) is 0 Å². The molecule has 5 nitrogen and oxygen atoms in total. The maximum atomic E-state index is 12.0. The lowest BCUT2D eigenvalue weighted by Gasteiger charge is -2.08. The van der Waals surface area contributed by atoms with Gasteiger partial charge in [-0.2, -0.15) is 0 Å². The summed E-state index contributed by atoms with van der Waals surface area (Å²) in [5, 5.41) is 6.22. The van der Waals surface area contributed by atoms with Crippen molar-refractivity contribution in [3.8, 4) is 0 Å². The van der Waals surface area contributed by atoms with Gasteiger partial charge in [-0.3, -0.25) is 9.59 Å². The third-order valence-electron chi connectivity index (χ3n) is 3.49. The fourth-order valence-corrected chi connectivity index (χ4v) is 2.41. The molecule has 25 heavy (non-hydrogen) atoms. The van der Waals surface area contributed by atoms with E-state index in [2.05, 4.69) is 10.6 Å². The molecule has 0 saturated heterocycles. The summed E-state index contributed by atoms with van der Waals surface area (Å²) in [6.45, 7) is 0.930. The van der Waals surface area contributed by atoms with Gasteiger partial charge in [0.05, 0.1) is 6.61 Å². The molecular weight excluding hydrogens is 340 g/mol. The van der Waals surface area contributed by atoms with Crippen LogP contribution in [-0.4, -0.2) is 25.5 Å². The average Bonchev–Trinajstić information content (AvgIpc) is 2.60. The minimum absolute atomic E-state index is 0.0877. The molecule has 0 aromatic heterocycles. The number of ether oxygens (including phenoxy) is 1. The summed E-state index contributed by atoms with van der Waals surface area (Å²) in [6, 6.07) is 14.2. The van der Waals surface area contributed by atoms with E-state index in [0.29, 0.717) is 36.6 Å². The number of benzene rings is 2. The van der Waals surface area contributed by atoms with Crippen LogP contribution < -0.4 is 10.6 Å². The van der Waals surface area contributed by atoms with Gasteiger partial charge < -0.3 is 15.4 Å². The lowest BCUT2D eigenvalue weighted by atomic mass is 10.2. The molecule has 2 amide bonds. The highest BCUT2D eigenvalue weighted by Crippen LogP contribution is 2.12.